The minimum Gasteiger partial charge on any atom is -0.394 e. The van der Waals surface area contributed by atoms with E-state index in [2.05, 4.69) is 4.99 Å². The molecule has 2 aliphatic rings. The van der Waals surface area contributed by atoms with E-state index < -0.39 is 36.8 Å². The molecule has 1 unspecified atom stereocenters. The first kappa shape index (κ1) is 12.2. The van der Waals surface area contributed by atoms with Gasteiger partial charge in [-0.15, -0.1) is 0 Å². The second kappa shape index (κ2) is 4.21. The Labute approximate surface area is 97.5 Å². The van der Waals surface area contributed by atoms with E-state index in [1.165, 1.54) is 11.2 Å². The highest BCUT2D eigenvalue weighted by Crippen LogP contribution is 2.26. The minimum atomic E-state index is -1.36. The highest BCUT2D eigenvalue weighted by molar-refractivity contribution is 5.60. The van der Waals surface area contributed by atoms with Crippen LogP contribution in [-0.2, 0) is 4.74 Å². The predicted octanol–water partition coefficient (Wildman–Crippen LogP) is -3.05. The Bertz CT molecular complexity index is 370. The molecule has 17 heavy (non-hydrogen) atoms. The first-order valence-corrected chi connectivity index (χ1v) is 5.14. The lowest BCUT2D eigenvalue weighted by molar-refractivity contribution is -0.0692. The molecule has 0 aromatic rings. The third-order valence-electron chi connectivity index (χ3n) is 2.90. The van der Waals surface area contributed by atoms with E-state index in [-0.39, 0.29) is 6.54 Å². The van der Waals surface area contributed by atoms with Crippen LogP contribution in [0.15, 0.2) is 4.99 Å². The van der Waals surface area contributed by atoms with Crippen LogP contribution < -0.4 is 5.73 Å². The van der Waals surface area contributed by atoms with Gasteiger partial charge in [0.25, 0.3) is 0 Å². The van der Waals surface area contributed by atoms with Crippen LogP contribution in [-0.4, -0.2) is 69.9 Å². The predicted molar refractivity (Wildman–Crippen MR) is 55.5 cm³/mol. The van der Waals surface area contributed by atoms with Crippen LogP contribution in [0.5, 0.6) is 0 Å². The fourth-order valence-corrected chi connectivity index (χ4v) is 1.91. The summed E-state index contributed by atoms with van der Waals surface area (Å²) in [5.41, 5.74) is 4.26. The van der Waals surface area contributed by atoms with E-state index in [4.69, 9.17) is 20.8 Å². The number of ether oxygens (including phenoxy) is 1. The summed E-state index contributed by atoms with van der Waals surface area (Å²) in [5.74, 6) is 0. The number of hydrogen-bond acceptors (Lipinski definition) is 8. The Hall–Kier alpha value is -1.24. The van der Waals surface area contributed by atoms with Crippen LogP contribution in [0.1, 0.15) is 0 Å². The van der Waals surface area contributed by atoms with Gasteiger partial charge in [-0.1, -0.05) is 0 Å². The number of nitrogens with zero attached hydrogens (tertiary/aromatic N) is 3. The molecule has 2 heterocycles. The van der Waals surface area contributed by atoms with Gasteiger partial charge in [0, 0.05) is 0 Å². The average Bonchev–Trinajstić information content (AvgIpc) is 2.84. The Balaban J connectivity index is 2.07. The van der Waals surface area contributed by atoms with E-state index in [1.54, 1.807) is 0 Å². The van der Waals surface area contributed by atoms with E-state index in [0.29, 0.717) is 0 Å². The molecule has 0 aromatic carbocycles. The molecule has 0 amide bonds. The number of hydrogen-bond donors (Lipinski definition) is 4. The summed E-state index contributed by atoms with van der Waals surface area (Å²) < 4.78 is 5.28. The molecule has 0 radical (unpaired) electrons. The van der Waals surface area contributed by atoms with Crippen molar-refractivity contribution in [1.82, 2.24) is 4.90 Å². The molecule has 2 aliphatic heterocycles. The van der Waals surface area contributed by atoms with Gasteiger partial charge in [-0.3, -0.25) is 5.73 Å². The van der Waals surface area contributed by atoms with Crippen molar-refractivity contribution < 1.29 is 20.1 Å². The van der Waals surface area contributed by atoms with Gasteiger partial charge in [0.15, 0.2) is 6.23 Å². The quantitative estimate of drug-likeness (QED) is 0.404. The van der Waals surface area contributed by atoms with Gasteiger partial charge >= 0.3 is 0 Å². The topological polar surface area (TPSA) is 135 Å². The molecular formula is C9H14N4O4. The smallest absolute Gasteiger partial charge is 0.215 e. The molecule has 8 heteroatoms. The zero-order valence-electron chi connectivity index (χ0n) is 8.97. The molecular weight excluding hydrogens is 228 g/mol. The molecule has 8 nitrogen and oxygen atoms in total. The van der Waals surface area contributed by atoms with Gasteiger partial charge in [0.05, 0.1) is 19.5 Å². The van der Waals surface area contributed by atoms with Crippen LogP contribution in [0.2, 0.25) is 0 Å². The average molecular weight is 242 g/mol. The van der Waals surface area contributed by atoms with Crippen LogP contribution in [0.4, 0.5) is 0 Å². The second-order valence-corrected chi connectivity index (χ2v) is 4.18. The lowest BCUT2D eigenvalue weighted by atomic mass is 10.1. The molecule has 2 rings (SSSR count). The first-order chi connectivity index (χ1) is 8.00. The van der Waals surface area contributed by atoms with E-state index >= 15 is 0 Å². The summed E-state index contributed by atoms with van der Waals surface area (Å²) >= 11 is 0. The van der Waals surface area contributed by atoms with Crippen molar-refractivity contribution in [1.29, 1.82) is 5.26 Å². The summed E-state index contributed by atoms with van der Waals surface area (Å²) in [6.45, 7) is -0.332. The number of aliphatic imine (C=N–C) groups is 1. The van der Waals surface area contributed by atoms with E-state index in [0.717, 1.165) is 0 Å². The van der Waals surface area contributed by atoms with Crippen molar-refractivity contribution in [3.05, 3.63) is 0 Å². The first-order valence-electron chi connectivity index (χ1n) is 5.14. The largest absolute Gasteiger partial charge is 0.394 e. The summed E-state index contributed by atoms with van der Waals surface area (Å²) in [7, 11) is 0. The van der Waals surface area contributed by atoms with Crippen molar-refractivity contribution in [2.75, 3.05) is 13.2 Å². The van der Waals surface area contributed by atoms with E-state index in [1.807, 2.05) is 6.07 Å². The summed E-state index contributed by atoms with van der Waals surface area (Å²) in [5, 5.41) is 37.1. The second-order valence-electron chi connectivity index (χ2n) is 4.18. The maximum absolute atomic E-state index is 9.75. The molecule has 5 atom stereocenters. The van der Waals surface area contributed by atoms with Gasteiger partial charge < -0.3 is 25.0 Å². The fourth-order valence-electron chi connectivity index (χ4n) is 1.91. The molecule has 0 aliphatic carbocycles. The van der Waals surface area contributed by atoms with Crippen LogP contribution >= 0.6 is 0 Å². The van der Waals surface area contributed by atoms with Crippen molar-refractivity contribution in [3.8, 4) is 6.07 Å². The van der Waals surface area contributed by atoms with Gasteiger partial charge in [0.1, 0.15) is 24.4 Å². The van der Waals surface area contributed by atoms with Crippen molar-refractivity contribution in [3.63, 3.8) is 0 Å². The maximum Gasteiger partial charge on any atom is 0.215 e. The van der Waals surface area contributed by atoms with Gasteiger partial charge in [-0.2, -0.15) is 5.26 Å². The van der Waals surface area contributed by atoms with Crippen LogP contribution in [0.3, 0.4) is 0 Å². The zero-order valence-corrected chi connectivity index (χ0v) is 8.97. The number of aliphatic hydroxyl groups excluding tert-OH is 3. The molecule has 0 bridgehead atoms. The molecule has 0 spiro atoms. The molecule has 1 saturated heterocycles. The van der Waals surface area contributed by atoms with Crippen molar-refractivity contribution in [2.24, 2.45) is 10.7 Å². The highest BCUT2D eigenvalue weighted by atomic mass is 16.6. The Morgan fingerprint density at radius 1 is 1.59 bits per heavy atom. The number of nitriles is 1. The maximum atomic E-state index is 9.75. The third-order valence-corrected chi connectivity index (χ3v) is 2.90. The lowest BCUT2D eigenvalue weighted by Gasteiger charge is -2.26. The third kappa shape index (κ3) is 1.99. The zero-order chi connectivity index (χ0) is 12.6. The molecule has 94 valence electrons. The minimum absolute atomic E-state index is 0.0656. The van der Waals surface area contributed by atoms with Gasteiger partial charge in [-0.05, 0) is 0 Å². The highest BCUT2D eigenvalue weighted by Gasteiger charge is 2.47. The van der Waals surface area contributed by atoms with E-state index in [9.17, 15) is 10.2 Å². The summed E-state index contributed by atoms with van der Waals surface area (Å²) in [6, 6.07) is 1.83. The van der Waals surface area contributed by atoms with Crippen LogP contribution in [0.25, 0.3) is 0 Å². The summed E-state index contributed by atoms with van der Waals surface area (Å²) in [4.78, 5) is 5.24. The normalized spacial score (nSPS) is 45.2. The van der Waals surface area contributed by atoms with Crippen LogP contribution in [0, 0.1) is 11.3 Å². The Morgan fingerprint density at radius 3 is 2.76 bits per heavy atom. The Kier molecular flexibility index (Phi) is 3.03. The fraction of sp³-hybridized carbons (Fsp3) is 0.778. The monoisotopic (exact) mass is 242 g/mol. The molecule has 0 aromatic heterocycles. The standard InChI is InChI=1S/C9H14N4O4/c10-2-9(11)3-13(4-12-9)8-7(16)6(15)5(1-14)17-8/h4-8,14-16H,1,3,11H2/t5-,6-,7-,8-,9?/m1/s1. The van der Waals surface area contributed by atoms with Crippen molar-refractivity contribution in [2.45, 2.75) is 30.2 Å². The van der Waals surface area contributed by atoms with Crippen molar-refractivity contribution >= 4 is 6.34 Å². The number of nitrogens with two attached hydrogens (primary N) is 1. The SMILES string of the molecule is N#CC1(N)CN([C@@H]2O[C@H](CO)[C@@H](O)[C@H]2O)C=N1. The Morgan fingerprint density at radius 2 is 2.29 bits per heavy atom. The summed E-state index contributed by atoms with van der Waals surface area (Å²) in [6.07, 6.45) is -2.75. The van der Waals surface area contributed by atoms with Gasteiger partial charge in [-0.25, -0.2) is 4.99 Å². The molecule has 5 N–H and O–H groups in total. The number of aliphatic hydroxyl groups is 3. The number of rotatable bonds is 2. The lowest BCUT2D eigenvalue weighted by Crippen LogP contribution is -2.48. The molecule has 0 saturated carbocycles. The molecule has 1 fully saturated rings. The van der Waals surface area contributed by atoms with Gasteiger partial charge in [0.2, 0.25) is 5.66 Å².